The van der Waals surface area contributed by atoms with Gasteiger partial charge in [-0.1, -0.05) is 34.8 Å². The fraction of sp³-hybridized carbons (Fsp3) is 0.0833. The van der Waals surface area contributed by atoms with Crippen LogP contribution in [-0.4, -0.2) is 5.51 Å². The standard InChI is InChI=1S/C12H2Cl3F3N4S/c13-6-1-8(23-12(16,17)18)9(14)10(15)11(6)22-7(4-21)5(2-19)3-20/h1,22H. The van der Waals surface area contributed by atoms with E-state index < -0.39 is 38.5 Å². The van der Waals surface area contributed by atoms with E-state index in [1.54, 1.807) is 6.07 Å². The molecule has 1 aromatic rings. The van der Waals surface area contributed by atoms with Crippen molar-refractivity contribution in [3.63, 3.8) is 0 Å². The number of nitrogens with zero attached hydrogens (tertiary/aromatic N) is 3. The van der Waals surface area contributed by atoms with Gasteiger partial charge in [0.1, 0.15) is 23.9 Å². The molecule has 1 rings (SSSR count). The lowest BCUT2D eigenvalue weighted by molar-refractivity contribution is -0.0328. The lowest BCUT2D eigenvalue weighted by Crippen LogP contribution is -2.04. The molecular weight excluding hydrogens is 396 g/mol. The molecule has 118 valence electrons. The van der Waals surface area contributed by atoms with Crippen LogP contribution < -0.4 is 5.32 Å². The molecule has 0 aliphatic heterocycles. The molecule has 0 aliphatic carbocycles. The van der Waals surface area contributed by atoms with Gasteiger partial charge in [-0.05, 0) is 17.8 Å². The Kier molecular flexibility index (Phi) is 6.44. The van der Waals surface area contributed by atoms with Crippen molar-refractivity contribution in [1.29, 1.82) is 15.8 Å². The average Bonchev–Trinajstić information content (AvgIpc) is 2.46. The second kappa shape index (κ2) is 7.68. The summed E-state index contributed by atoms with van der Waals surface area (Å²) in [7, 11) is 0. The maximum absolute atomic E-state index is 12.4. The van der Waals surface area contributed by atoms with Crippen LogP contribution in [0.1, 0.15) is 0 Å². The van der Waals surface area contributed by atoms with Crippen molar-refractivity contribution >= 4 is 52.3 Å². The molecule has 0 saturated carbocycles. The van der Waals surface area contributed by atoms with Gasteiger partial charge in [0, 0.05) is 4.90 Å². The quantitative estimate of drug-likeness (QED) is 0.414. The summed E-state index contributed by atoms with van der Waals surface area (Å²) >= 11 is 17.0. The Hall–Kier alpha value is -1.76. The van der Waals surface area contributed by atoms with E-state index in [9.17, 15) is 13.2 Å². The molecule has 0 atom stereocenters. The third kappa shape index (κ3) is 4.86. The van der Waals surface area contributed by atoms with Gasteiger partial charge in [0.2, 0.25) is 0 Å². The van der Waals surface area contributed by atoms with Gasteiger partial charge in [0.05, 0.1) is 20.8 Å². The van der Waals surface area contributed by atoms with E-state index in [0.29, 0.717) is 0 Å². The fourth-order valence-electron chi connectivity index (χ4n) is 1.30. The van der Waals surface area contributed by atoms with E-state index in [1.807, 2.05) is 0 Å². The van der Waals surface area contributed by atoms with Crippen molar-refractivity contribution in [1.82, 2.24) is 0 Å². The van der Waals surface area contributed by atoms with Crippen LogP contribution in [0.2, 0.25) is 15.1 Å². The molecule has 0 aliphatic rings. The van der Waals surface area contributed by atoms with Crippen LogP contribution in [0.3, 0.4) is 0 Å². The van der Waals surface area contributed by atoms with Crippen LogP contribution in [0.5, 0.6) is 0 Å². The Labute approximate surface area is 147 Å². The van der Waals surface area contributed by atoms with Gasteiger partial charge < -0.3 is 5.32 Å². The van der Waals surface area contributed by atoms with E-state index in [1.165, 1.54) is 12.1 Å². The summed E-state index contributed by atoms with van der Waals surface area (Å²) in [5, 5.41) is 27.6. The lowest BCUT2D eigenvalue weighted by Gasteiger charge is -2.14. The topological polar surface area (TPSA) is 83.4 Å². The first-order valence-electron chi connectivity index (χ1n) is 5.29. The predicted octanol–water partition coefficient (Wildman–Crippen LogP) is 5.50. The minimum atomic E-state index is -4.60. The highest BCUT2D eigenvalue weighted by Crippen LogP contribution is 2.47. The van der Waals surface area contributed by atoms with Gasteiger partial charge in [-0.2, -0.15) is 29.0 Å². The van der Waals surface area contributed by atoms with Crippen molar-refractivity contribution in [2.45, 2.75) is 10.4 Å². The minimum absolute atomic E-state index is 0.190. The largest absolute Gasteiger partial charge is 0.446 e. The Bertz CT molecular complexity index is 784. The Balaban J connectivity index is 3.40. The second-order valence-corrected chi connectivity index (χ2v) is 5.89. The van der Waals surface area contributed by atoms with Gasteiger partial charge >= 0.3 is 5.51 Å². The molecule has 0 unspecified atom stereocenters. The number of allylic oxidation sites excluding steroid dienone is 2. The van der Waals surface area contributed by atoms with Gasteiger partial charge in [0.15, 0.2) is 5.57 Å². The molecule has 0 spiro atoms. The number of thioether (sulfide) groups is 1. The van der Waals surface area contributed by atoms with Crippen molar-refractivity contribution in [2.75, 3.05) is 5.32 Å². The van der Waals surface area contributed by atoms with E-state index in [-0.39, 0.29) is 15.7 Å². The third-order valence-corrected chi connectivity index (χ3v) is 4.24. The Morgan fingerprint density at radius 3 is 2.04 bits per heavy atom. The molecule has 0 fully saturated rings. The summed E-state index contributed by atoms with van der Waals surface area (Å²) in [5.41, 5.74) is -5.81. The van der Waals surface area contributed by atoms with Crippen molar-refractivity contribution in [3.8, 4) is 18.2 Å². The van der Waals surface area contributed by atoms with Gasteiger partial charge in [-0.15, -0.1) is 0 Å². The molecule has 0 radical (unpaired) electrons. The third-order valence-electron chi connectivity index (χ3n) is 2.19. The average molecular weight is 398 g/mol. The molecule has 1 N–H and O–H groups in total. The fourth-order valence-corrected chi connectivity index (χ4v) is 2.85. The smallest absolute Gasteiger partial charge is 0.343 e. The molecule has 0 amide bonds. The first-order valence-corrected chi connectivity index (χ1v) is 7.24. The summed E-state index contributed by atoms with van der Waals surface area (Å²) in [6.45, 7) is 0. The first kappa shape index (κ1) is 19.3. The summed E-state index contributed by atoms with van der Waals surface area (Å²) in [4.78, 5) is -0.428. The van der Waals surface area contributed by atoms with E-state index >= 15 is 0 Å². The van der Waals surface area contributed by atoms with Crippen LogP contribution in [0, 0.1) is 34.0 Å². The molecule has 0 saturated heterocycles. The highest BCUT2D eigenvalue weighted by atomic mass is 35.5. The zero-order valence-corrected chi connectivity index (χ0v) is 13.7. The molecule has 0 aromatic heterocycles. The highest BCUT2D eigenvalue weighted by molar-refractivity contribution is 8.00. The SMILES string of the molecule is N#CC(C#N)=C(C#N)Nc1c(Cl)cc(SC(F)(F)F)c(Cl)c1Cl. The number of alkyl halides is 3. The van der Waals surface area contributed by atoms with Crippen molar-refractivity contribution < 1.29 is 13.2 Å². The second-order valence-electron chi connectivity index (χ2n) is 3.62. The number of rotatable bonds is 3. The molecule has 23 heavy (non-hydrogen) atoms. The van der Waals surface area contributed by atoms with E-state index in [0.717, 1.165) is 6.07 Å². The molecule has 0 bridgehead atoms. The molecule has 1 aromatic carbocycles. The van der Waals surface area contributed by atoms with Crippen molar-refractivity contribution in [3.05, 3.63) is 32.4 Å². The normalized spacial score (nSPS) is 10.2. The van der Waals surface area contributed by atoms with Gasteiger partial charge in [0.25, 0.3) is 0 Å². The zero-order valence-electron chi connectivity index (χ0n) is 10.6. The summed E-state index contributed by atoms with van der Waals surface area (Å²) in [6.07, 6.45) is 0. The van der Waals surface area contributed by atoms with Gasteiger partial charge in [-0.25, -0.2) is 0 Å². The van der Waals surface area contributed by atoms with Crippen LogP contribution >= 0.6 is 46.6 Å². The Morgan fingerprint density at radius 1 is 1.04 bits per heavy atom. The predicted molar refractivity (Wildman–Crippen MR) is 80.9 cm³/mol. The maximum atomic E-state index is 12.4. The summed E-state index contributed by atoms with van der Waals surface area (Å²) < 4.78 is 37.3. The number of halogens is 6. The van der Waals surface area contributed by atoms with Crippen molar-refractivity contribution in [2.24, 2.45) is 0 Å². The first-order chi connectivity index (χ1) is 10.6. The van der Waals surface area contributed by atoms with Crippen LogP contribution in [-0.2, 0) is 0 Å². The zero-order chi connectivity index (χ0) is 17.8. The number of benzene rings is 1. The maximum Gasteiger partial charge on any atom is 0.446 e. The number of nitriles is 3. The number of anilines is 1. The molecular formula is C12H2Cl3F3N4S. The van der Waals surface area contributed by atoms with E-state index in [4.69, 9.17) is 50.6 Å². The monoisotopic (exact) mass is 396 g/mol. The molecule has 0 heterocycles. The molecule has 11 heteroatoms. The van der Waals surface area contributed by atoms with E-state index in [2.05, 4.69) is 5.32 Å². The Morgan fingerprint density at radius 2 is 1.61 bits per heavy atom. The lowest BCUT2D eigenvalue weighted by atomic mass is 10.2. The summed E-state index contributed by atoms with van der Waals surface area (Å²) in [6, 6.07) is 5.42. The minimum Gasteiger partial charge on any atom is -0.343 e. The number of hydrogen-bond donors (Lipinski definition) is 1. The van der Waals surface area contributed by atoms with Crippen LogP contribution in [0.4, 0.5) is 18.9 Å². The number of hydrogen-bond acceptors (Lipinski definition) is 5. The number of nitrogens with one attached hydrogen (secondary N) is 1. The van der Waals surface area contributed by atoms with Crippen LogP contribution in [0.25, 0.3) is 0 Å². The summed E-state index contributed by atoms with van der Waals surface area (Å²) in [5.74, 6) is 0. The van der Waals surface area contributed by atoms with Crippen LogP contribution in [0.15, 0.2) is 22.2 Å². The van der Waals surface area contributed by atoms with Gasteiger partial charge in [-0.3, -0.25) is 0 Å². The molecule has 4 nitrogen and oxygen atoms in total. The highest BCUT2D eigenvalue weighted by Gasteiger charge is 2.32.